The van der Waals surface area contributed by atoms with Gasteiger partial charge in [-0.3, -0.25) is 0 Å². The molecule has 1 saturated heterocycles. The van der Waals surface area contributed by atoms with Gasteiger partial charge in [-0.2, -0.15) is 0 Å². The van der Waals surface area contributed by atoms with Gasteiger partial charge in [0.15, 0.2) is 0 Å². The summed E-state index contributed by atoms with van der Waals surface area (Å²) in [5.74, 6) is -0.474. The van der Waals surface area contributed by atoms with Gasteiger partial charge in [-0.25, -0.2) is 0 Å². The van der Waals surface area contributed by atoms with Gasteiger partial charge >= 0.3 is 284 Å². The average molecular weight is 749 g/mol. The topological polar surface area (TPSA) is 63.7 Å². The van der Waals surface area contributed by atoms with Crippen LogP contribution in [0.25, 0.3) is 0 Å². The standard InChI is InChI=1S/C22H24NO4S.3C6H5.Sn/c1-15-6-10-18(11-7-15)20-22(4,21(24)27-5)17(3)14-23(20)28(25,26)19-12-8-16(2)9-13-19;3*1-2-4-6-5-3-1;/h6-13,20H,3-4,14H2,1-2,5H3;3*1-5H;/t20-,22+;;;;/m0..../s1. The summed E-state index contributed by atoms with van der Waals surface area (Å²) in [6.45, 7) is 8.44. The van der Waals surface area contributed by atoms with Crippen molar-refractivity contribution >= 4 is 45.1 Å². The Morgan fingerprint density at radius 3 is 1.60 bits per heavy atom. The van der Waals surface area contributed by atoms with Gasteiger partial charge < -0.3 is 0 Å². The fourth-order valence-electron chi connectivity index (χ4n) is 7.25. The Hall–Kier alpha value is -3.98. The monoisotopic (exact) mass is 749 g/mol. The first-order valence-corrected chi connectivity index (χ1v) is 23.5. The molecule has 0 radical (unpaired) electrons. The van der Waals surface area contributed by atoms with Crippen LogP contribution in [0.3, 0.4) is 0 Å². The summed E-state index contributed by atoms with van der Waals surface area (Å²) in [4.78, 5) is 14.9. The summed E-state index contributed by atoms with van der Waals surface area (Å²) in [5, 5.41) is 0. The fourth-order valence-corrected chi connectivity index (χ4v) is 24.1. The van der Waals surface area contributed by atoms with Crippen molar-refractivity contribution in [3.05, 3.63) is 168 Å². The number of hydrogen-bond donors (Lipinski definition) is 0. The molecule has 0 unspecified atom stereocenters. The molecular formula is C40H39NO4SSn. The Bertz CT molecular complexity index is 1880. The first-order chi connectivity index (χ1) is 22.6. The maximum atomic E-state index is 14.8. The van der Waals surface area contributed by atoms with Crippen molar-refractivity contribution < 1.29 is 17.9 Å². The normalized spacial score (nSPS) is 18.6. The predicted octanol–water partition coefficient (Wildman–Crippen LogP) is 5.94. The van der Waals surface area contributed by atoms with E-state index >= 15 is 0 Å². The summed E-state index contributed by atoms with van der Waals surface area (Å²) in [5.41, 5.74) is 1.87. The molecule has 1 aliphatic heterocycles. The third-order valence-corrected chi connectivity index (χ3v) is 25.9. The number of ether oxygens (including phenoxy) is 1. The zero-order chi connectivity index (χ0) is 33.2. The molecule has 5 aromatic carbocycles. The first kappa shape index (κ1) is 32.9. The van der Waals surface area contributed by atoms with E-state index in [1.165, 1.54) is 22.2 Å². The van der Waals surface area contributed by atoms with Crippen LogP contribution in [-0.4, -0.2) is 50.7 Å². The van der Waals surface area contributed by atoms with Crippen molar-refractivity contribution in [1.29, 1.82) is 0 Å². The number of benzene rings is 5. The van der Waals surface area contributed by atoms with Gasteiger partial charge in [-0.1, -0.05) is 0 Å². The van der Waals surface area contributed by atoms with E-state index in [4.69, 9.17) is 4.74 Å². The van der Waals surface area contributed by atoms with E-state index in [0.29, 0.717) is 10.0 Å². The third kappa shape index (κ3) is 5.77. The Morgan fingerprint density at radius 2 is 1.17 bits per heavy atom. The number of sulfonamides is 1. The third-order valence-electron chi connectivity index (χ3n) is 9.65. The number of carbonyl (C=O) groups is 1. The van der Waals surface area contributed by atoms with Gasteiger partial charge in [0.2, 0.25) is 0 Å². The van der Waals surface area contributed by atoms with Gasteiger partial charge in [0, 0.05) is 0 Å². The van der Waals surface area contributed by atoms with Gasteiger partial charge in [-0.05, 0) is 0 Å². The van der Waals surface area contributed by atoms with Crippen LogP contribution in [0.15, 0.2) is 157 Å². The van der Waals surface area contributed by atoms with E-state index in [9.17, 15) is 13.2 Å². The van der Waals surface area contributed by atoms with Gasteiger partial charge in [0.05, 0.1) is 0 Å². The maximum absolute atomic E-state index is 14.8. The Balaban J connectivity index is 1.69. The van der Waals surface area contributed by atoms with Crippen LogP contribution in [0, 0.1) is 19.3 Å². The van der Waals surface area contributed by atoms with Crippen molar-refractivity contribution in [3.63, 3.8) is 0 Å². The van der Waals surface area contributed by atoms with Crippen LogP contribution in [0.2, 0.25) is 4.44 Å². The van der Waals surface area contributed by atoms with E-state index < -0.39 is 45.8 Å². The van der Waals surface area contributed by atoms with Crippen molar-refractivity contribution in [2.75, 3.05) is 13.7 Å². The second-order valence-electron chi connectivity index (χ2n) is 12.4. The van der Waals surface area contributed by atoms with Crippen molar-refractivity contribution in [2.45, 2.75) is 29.2 Å². The minimum absolute atomic E-state index is 0.00975. The van der Waals surface area contributed by atoms with Crippen molar-refractivity contribution in [2.24, 2.45) is 5.41 Å². The van der Waals surface area contributed by atoms with Crippen molar-refractivity contribution in [3.8, 4) is 0 Å². The van der Waals surface area contributed by atoms with Crippen LogP contribution in [-0.2, 0) is 19.6 Å². The quantitative estimate of drug-likeness (QED) is 0.107. The first-order valence-electron chi connectivity index (χ1n) is 15.7. The summed E-state index contributed by atoms with van der Waals surface area (Å²) in [6.07, 6.45) is 0. The molecule has 1 heterocycles. The number of nitrogens with zero attached hydrogens (tertiary/aromatic N) is 1. The molecular weight excluding hydrogens is 709 g/mol. The van der Waals surface area contributed by atoms with Gasteiger partial charge in [0.25, 0.3) is 0 Å². The second kappa shape index (κ2) is 13.3. The van der Waals surface area contributed by atoms with Gasteiger partial charge in [0.1, 0.15) is 0 Å². The molecule has 7 heteroatoms. The van der Waals surface area contributed by atoms with Crippen LogP contribution in [0.1, 0.15) is 22.7 Å². The molecule has 1 aliphatic rings. The molecule has 0 spiro atoms. The number of methoxy groups -OCH3 is 1. The van der Waals surface area contributed by atoms with Crippen LogP contribution in [0.4, 0.5) is 0 Å². The van der Waals surface area contributed by atoms with E-state index in [2.05, 4.69) is 43.0 Å². The number of hydrogen-bond acceptors (Lipinski definition) is 4. The van der Waals surface area contributed by atoms with E-state index in [0.717, 1.165) is 16.7 Å². The fraction of sp³-hybridized carbons (Fsp3) is 0.175. The molecule has 5 nitrogen and oxygen atoms in total. The minimum atomic E-state index is -4.27. The summed E-state index contributed by atoms with van der Waals surface area (Å²) >= 11 is -4.27. The molecule has 0 amide bonds. The van der Waals surface area contributed by atoms with Crippen LogP contribution >= 0.6 is 0 Å². The molecule has 47 heavy (non-hydrogen) atoms. The molecule has 0 aromatic heterocycles. The second-order valence-corrected chi connectivity index (χ2v) is 25.4. The molecule has 1 fully saturated rings. The number of aryl methyl sites for hydroxylation is 2. The van der Waals surface area contributed by atoms with Crippen molar-refractivity contribution in [1.82, 2.24) is 4.31 Å². The number of esters is 1. The molecule has 2 atom stereocenters. The summed E-state index contributed by atoms with van der Waals surface area (Å²) < 4.78 is 40.5. The zero-order valence-corrected chi connectivity index (χ0v) is 30.6. The molecule has 5 aromatic rings. The van der Waals surface area contributed by atoms with E-state index in [1.807, 2.05) is 92.7 Å². The summed E-state index contributed by atoms with van der Waals surface area (Å²) in [7, 11) is -2.68. The molecule has 0 aliphatic carbocycles. The van der Waals surface area contributed by atoms with E-state index in [1.54, 1.807) is 24.3 Å². The molecule has 238 valence electrons. The van der Waals surface area contributed by atoms with Crippen LogP contribution < -0.4 is 10.7 Å². The Morgan fingerprint density at radius 1 is 0.745 bits per heavy atom. The van der Waals surface area contributed by atoms with E-state index in [-0.39, 0.29) is 11.4 Å². The molecule has 0 N–H and O–H groups in total. The molecule has 0 saturated carbocycles. The summed E-state index contributed by atoms with van der Waals surface area (Å²) in [6, 6.07) is 45.1. The van der Waals surface area contributed by atoms with Gasteiger partial charge in [-0.15, -0.1) is 0 Å². The molecule has 6 rings (SSSR count). The zero-order valence-electron chi connectivity index (χ0n) is 27.0. The Labute approximate surface area is 282 Å². The molecule has 0 bridgehead atoms. The Kier molecular flexibility index (Phi) is 9.29. The average Bonchev–Trinajstić information content (AvgIpc) is 3.41. The SMILES string of the molecule is C=C1CN(S(=O)(=O)c2ccc(C)cc2)[C@@H](c2ccc(C)cc2)[C@]1([CH2][Sn]([c]1ccccc1)([c]1ccccc1)[c]1ccccc1)C(=O)OC. The number of carbonyl (C=O) groups excluding carboxylic acids is 1. The number of rotatable bonds is 9. The predicted molar refractivity (Wildman–Crippen MR) is 191 cm³/mol. The van der Waals surface area contributed by atoms with Crippen LogP contribution in [0.5, 0.6) is 0 Å².